The molecule has 0 heterocycles. The van der Waals surface area contributed by atoms with Gasteiger partial charge in [0.05, 0.1) is 19.3 Å². The van der Waals surface area contributed by atoms with Crippen molar-refractivity contribution in [1.82, 2.24) is 0 Å². The number of ether oxygens (including phenoxy) is 1. The predicted octanol–water partition coefficient (Wildman–Crippen LogP) is 1.27. The summed E-state index contributed by atoms with van der Waals surface area (Å²) in [5, 5.41) is 8.86. The van der Waals surface area contributed by atoms with Crippen molar-refractivity contribution in [3.63, 3.8) is 0 Å². The van der Waals surface area contributed by atoms with E-state index in [4.69, 9.17) is 15.9 Å². The highest BCUT2D eigenvalue weighted by Crippen LogP contribution is 2.24. The number of aryl methyl sites for hydroxylation is 1. The Balaban J connectivity index is 3.19. The van der Waals surface area contributed by atoms with Crippen LogP contribution in [0.4, 0.5) is 0 Å². The van der Waals surface area contributed by atoms with Gasteiger partial charge in [0.25, 0.3) is 0 Å². The van der Waals surface area contributed by atoms with E-state index in [2.05, 4.69) is 10.9 Å². The SMILES string of the molecule is COc1c(C)cc(CON)cc1C#N. The van der Waals surface area contributed by atoms with Crippen LogP contribution in [0, 0.1) is 18.3 Å². The van der Waals surface area contributed by atoms with Crippen LogP contribution in [0.25, 0.3) is 0 Å². The molecular weight excluding hydrogens is 180 g/mol. The van der Waals surface area contributed by atoms with Gasteiger partial charge in [-0.25, -0.2) is 5.90 Å². The molecule has 0 spiro atoms. The van der Waals surface area contributed by atoms with Gasteiger partial charge in [0.1, 0.15) is 11.8 Å². The average Bonchev–Trinajstić information content (AvgIpc) is 2.17. The largest absolute Gasteiger partial charge is 0.495 e. The number of methoxy groups -OCH3 is 1. The van der Waals surface area contributed by atoms with Crippen LogP contribution in [-0.2, 0) is 11.4 Å². The first kappa shape index (κ1) is 10.5. The first-order valence-corrected chi connectivity index (χ1v) is 4.12. The lowest BCUT2D eigenvalue weighted by Crippen LogP contribution is -2.01. The molecular formula is C10H12N2O2. The molecule has 0 unspecified atom stereocenters. The summed E-state index contributed by atoms with van der Waals surface area (Å²) in [7, 11) is 1.54. The highest BCUT2D eigenvalue weighted by molar-refractivity contribution is 5.50. The van der Waals surface area contributed by atoms with Crippen molar-refractivity contribution in [2.75, 3.05) is 7.11 Å². The third-order valence-electron chi connectivity index (χ3n) is 1.91. The first-order valence-electron chi connectivity index (χ1n) is 4.12. The standard InChI is InChI=1S/C10H12N2O2/c1-7-3-8(6-14-12)4-9(5-11)10(7)13-2/h3-4H,6,12H2,1-2H3. The molecule has 1 rings (SSSR count). The zero-order chi connectivity index (χ0) is 10.6. The number of nitrogens with two attached hydrogens (primary N) is 1. The minimum atomic E-state index is 0.291. The Hall–Kier alpha value is -1.57. The van der Waals surface area contributed by atoms with E-state index in [1.54, 1.807) is 13.2 Å². The van der Waals surface area contributed by atoms with Crippen LogP contribution in [0.15, 0.2) is 12.1 Å². The van der Waals surface area contributed by atoms with Crippen molar-refractivity contribution >= 4 is 0 Å². The van der Waals surface area contributed by atoms with Crippen LogP contribution in [-0.4, -0.2) is 7.11 Å². The summed E-state index contributed by atoms with van der Waals surface area (Å²) in [6, 6.07) is 5.65. The van der Waals surface area contributed by atoms with Crippen molar-refractivity contribution in [3.05, 3.63) is 28.8 Å². The van der Waals surface area contributed by atoms with Gasteiger partial charge < -0.3 is 4.74 Å². The summed E-state index contributed by atoms with van der Waals surface area (Å²) < 4.78 is 5.11. The lowest BCUT2D eigenvalue weighted by atomic mass is 10.1. The average molecular weight is 192 g/mol. The highest BCUT2D eigenvalue weighted by Gasteiger charge is 2.07. The summed E-state index contributed by atoms with van der Waals surface area (Å²) >= 11 is 0. The molecule has 0 radical (unpaired) electrons. The van der Waals surface area contributed by atoms with E-state index in [0.29, 0.717) is 17.9 Å². The van der Waals surface area contributed by atoms with Crippen molar-refractivity contribution in [2.45, 2.75) is 13.5 Å². The number of hydrogen-bond acceptors (Lipinski definition) is 4. The monoisotopic (exact) mass is 192 g/mol. The van der Waals surface area contributed by atoms with Gasteiger partial charge in [-0.05, 0) is 30.2 Å². The molecule has 0 aromatic heterocycles. The third kappa shape index (κ3) is 2.02. The Morgan fingerprint density at radius 3 is 2.71 bits per heavy atom. The number of hydrogen-bond donors (Lipinski definition) is 1. The molecule has 0 amide bonds. The lowest BCUT2D eigenvalue weighted by molar-refractivity contribution is 0.124. The zero-order valence-electron chi connectivity index (χ0n) is 8.20. The van der Waals surface area contributed by atoms with Crippen LogP contribution < -0.4 is 10.6 Å². The Morgan fingerprint density at radius 1 is 1.50 bits per heavy atom. The second-order valence-electron chi connectivity index (χ2n) is 2.92. The van der Waals surface area contributed by atoms with E-state index in [9.17, 15) is 0 Å². The van der Waals surface area contributed by atoms with Gasteiger partial charge in [0.15, 0.2) is 0 Å². The molecule has 2 N–H and O–H groups in total. The molecule has 0 aliphatic heterocycles. The van der Waals surface area contributed by atoms with Crippen LogP contribution in [0.1, 0.15) is 16.7 Å². The Bertz CT molecular complexity index is 369. The Kier molecular flexibility index (Phi) is 3.46. The van der Waals surface area contributed by atoms with Crippen molar-refractivity contribution < 1.29 is 9.57 Å². The summed E-state index contributed by atoms with van der Waals surface area (Å²) in [5.41, 5.74) is 2.26. The van der Waals surface area contributed by atoms with Gasteiger partial charge in [-0.3, -0.25) is 4.84 Å². The van der Waals surface area contributed by atoms with Gasteiger partial charge >= 0.3 is 0 Å². The fraction of sp³-hybridized carbons (Fsp3) is 0.300. The van der Waals surface area contributed by atoms with Gasteiger partial charge in [0.2, 0.25) is 0 Å². The molecule has 14 heavy (non-hydrogen) atoms. The summed E-state index contributed by atoms with van der Waals surface area (Å²) in [5.74, 6) is 5.56. The smallest absolute Gasteiger partial charge is 0.139 e. The fourth-order valence-corrected chi connectivity index (χ4v) is 1.38. The summed E-state index contributed by atoms with van der Waals surface area (Å²) in [6.07, 6.45) is 0. The second-order valence-corrected chi connectivity index (χ2v) is 2.92. The van der Waals surface area contributed by atoms with E-state index in [1.807, 2.05) is 13.0 Å². The van der Waals surface area contributed by atoms with Crippen LogP contribution >= 0.6 is 0 Å². The van der Waals surface area contributed by atoms with E-state index >= 15 is 0 Å². The molecule has 0 saturated heterocycles. The highest BCUT2D eigenvalue weighted by atomic mass is 16.6. The second kappa shape index (κ2) is 4.61. The molecule has 74 valence electrons. The van der Waals surface area contributed by atoms with E-state index in [-0.39, 0.29) is 0 Å². The molecule has 0 aliphatic rings. The summed E-state index contributed by atoms with van der Waals surface area (Å²) in [6.45, 7) is 2.17. The molecule has 1 aromatic carbocycles. The normalized spacial score (nSPS) is 9.57. The zero-order valence-corrected chi connectivity index (χ0v) is 8.20. The maximum atomic E-state index is 8.86. The molecule has 0 saturated carbocycles. The van der Waals surface area contributed by atoms with Gasteiger partial charge in [-0.1, -0.05) is 0 Å². The van der Waals surface area contributed by atoms with Crippen LogP contribution in [0.5, 0.6) is 5.75 Å². The van der Waals surface area contributed by atoms with Crippen LogP contribution in [0.2, 0.25) is 0 Å². The number of nitriles is 1. The van der Waals surface area contributed by atoms with E-state index in [1.165, 1.54) is 0 Å². The lowest BCUT2D eigenvalue weighted by Gasteiger charge is -2.08. The maximum Gasteiger partial charge on any atom is 0.139 e. The number of rotatable bonds is 3. The number of nitrogens with zero attached hydrogens (tertiary/aromatic N) is 1. The number of benzene rings is 1. The van der Waals surface area contributed by atoms with Crippen LogP contribution in [0.3, 0.4) is 0 Å². The molecule has 4 nitrogen and oxygen atoms in total. The van der Waals surface area contributed by atoms with Crippen molar-refractivity contribution in [2.24, 2.45) is 5.90 Å². The van der Waals surface area contributed by atoms with Crippen molar-refractivity contribution in [1.29, 1.82) is 5.26 Å². The third-order valence-corrected chi connectivity index (χ3v) is 1.91. The topological polar surface area (TPSA) is 68.3 Å². The van der Waals surface area contributed by atoms with Crippen molar-refractivity contribution in [3.8, 4) is 11.8 Å². The molecule has 4 heteroatoms. The van der Waals surface area contributed by atoms with Gasteiger partial charge in [-0.15, -0.1) is 0 Å². The van der Waals surface area contributed by atoms with Gasteiger partial charge in [0, 0.05) is 0 Å². The summed E-state index contributed by atoms with van der Waals surface area (Å²) in [4.78, 5) is 4.51. The molecule has 0 fully saturated rings. The van der Waals surface area contributed by atoms with E-state index < -0.39 is 0 Å². The Morgan fingerprint density at radius 2 is 2.21 bits per heavy atom. The quantitative estimate of drug-likeness (QED) is 0.732. The van der Waals surface area contributed by atoms with Gasteiger partial charge in [-0.2, -0.15) is 5.26 Å². The molecule has 0 bridgehead atoms. The maximum absolute atomic E-state index is 8.86. The molecule has 0 atom stereocenters. The van der Waals surface area contributed by atoms with E-state index in [0.717, 1.165) is 11.1 Å². The predicted molar refractivity (Wildman–Crippen MR) is 51.4 cm³/mol. The fourth-order valence-electron chi connectivity index (χ4n) is 1.38. The molecule has 1 aromatic rings. The minimum Gasteiger partial charge on any atom is -0.495 e. The first-order chi connectivity index (χ1) is 6.72. The molecule has 0 aliphatic carbocycles. The minimum absolute atomic E-state index is 0.291. The Labute approximate surface area is 82.8 Å².